The standard InChI is InChI=1S/C17H20N4O2S/c22-16(20-9-3-10-21-15(20)6-7-18-21)13-4-1-8-19(12-13)17(23)14-5-2-11-24-14/h2,5-7,11,13H,1,3-4,8-10,12H2/t13-/m1/s1. The lowest BCUT2D eigenvalue weighted by molar-refractivity contribution is -0.123. The zero-order valence-corrected chi connectivity index (χ0v) is 14.2. The van der Waals surface area contributed by atoms with Crippen molar-refractivity contribution in [3.05, 3.63) is 34.7 Å². The maximum Gasteiger partial charge on any atom is 0.263 e. The van der Waals surface area contributed by atoms with Crippen LogP contribution >= 0.6 is 11.3 Å². The molecule has 126 valence electrons. The molecule has 2 aliphatic rings. The number of rotatable bonds is 2. The summed E-state index contributed by atoms with van der Waals surface area (Å²) in [6.45, 7) is 2.85. The molecule has 0 spiro atoms. The monoisotopic (exact) mass is 344 g/mol. The predicted octanol–water partition coefficient (Wildman–Crippen LogP) is 2.23. The van der Waals surface area contributed by atoms with E-state index in [1.807, 2.05) is 38.1 Å². The average molecular weight is 344 g/mol. The molecule has 0 radical (unpaired) electrons. The minimum atomic E-state index is -0.121. The molecule has 0 saturated carbocycles. The molecule has 2 amide bonds. The van der Waals surface area contributed by atoms with E-state index >= 15 is 0 Å². The molecule has 1 saturated heterocycles. The number of piperidine rings is 1. The van der Waals surface area contributed by atoms with Crippen molar-refractivity contribution >= 4 is 29.0 Å². The smallest absolute Gasteiger partial charge is 0.263 e. The number of carbonyl (C=O) groups excluding carboxylic acids is 2. The highest BCUT2D eigenvalue weighted by Gasteiger charge is 2.34. The maximum atomic E-state index is 13.0. The van der Waals surface area contributed by atoms with Crippen LogP contribution in [-0.4, -0.2) is 46.1 Å². The fourth-order valence-corrected chi connectivity index (χ4v) is 4.27. The second-order valence-electron chi connectivity index (χ2n) is 6.32. The summed E-state index contributed by atoms with van der Waals surface area (Å²) in [6, 6.07) is 5.63. The largest absolute Gasteiger partial charge is 0.337 e. The quantitative estimate of drug-likeness (QED) is 0.839. The predicted molar refractivity (Wildman–Crippen MR) is 92.1 cm³/mol. The molecule has 0 bridgehead atoms. The van der Waals surface area contributed by atoms with Gasteiger partial charge in [-0.1, -0.05) is 6.07 Å². The normalized spacial score (nSPS) is 20.8. The molecular weight excluding hydrogens is 324 g/mol. The molecule has 2 aromatic rings. The van der Waals surface area contributed by atoms with E-state index in [0.717, 1.165) is 49.6 Å². The van der Waals surface area contributed by atoms with E-state index in [2.05, 4.69) is 5.10 Å². The zero-order valence-electron chi connectivity index (χ0n) is 13.4. The molecule has 0 aliphatic carbocycles. The molecule has 4 rings (SSSR count). The second kappa shape index (κ2) is 6.39. The van der Waals surface area contributed by atoms with Gasteiger partial charge < -0.3 is 4.90 Å². The van der Waals surface area contributed by atoms with Gasteiger partial charge in [-0.25, -0.2) is 4.68 Å². The van der Waals surface area contributed by atoms with E-state index in [4.69, 9.17) is 0 Å². The molecule has 2 aliphatic heterocycles. The first kappa shape index (κ1) is 15.4. The third-order valence-electron chi connectivity index (χ3n) is 4.78. The summed E-state index contributed by atoms with van der Waals surface area (Å²) in [6.07, 6.45) is 4.39. The number of amides is 2. The number of nitrogens with zero attached hydrogens (tertiary/aromatic N) is 4. The molecule has 0 unspecified atom stereocenters. The van der Waals surface area contributed by atoms with E-state index < -0.39 is 0 Å². The van der Waals surface area contributed by atoms with Gasteiger partial charge in [-0.3, -0.25) is 14.5 Å². The van der Waals surface area contributed by atoms with Crippen molar-refractivity contribution in [3.8, 4) is 0 Å². The van der Waals surface area contributed by atoms with Crippen molar-refractivity contribution in [2.45, 2.75) is 25.8 Å². The SMILES string of the molecule is O=C(c1cccs1)N1CCC[C@@H](C(=O)N2CCCn3nccc32)C1. The number of carbonyl (C=O) groups is 2. The minimum Gasteiger partial charge on any atom is -0.337 e. The molecule has 7 heteroatoms. The van der Waals surface area contributed by atoms with Gasteiger partial charge in [0, 0.05) is 32.2 Å². The summed E-state index contributed by atoms with van der Waals surface area (Å²) in [5.74, 6) is 0.934. The molecule has 6 nitrogen and oxygen atoms in total. The van der Waals surface area contributed by atoms with Gasteiger partial charge in [0.1, 0.15) is 5.82 Å². The number of anilines is 1. The van der Waals surface area contributed by atoms with Crippen molar-refractivity contribution in [1.29, 1.82) is 0 Å². The van der Waals surface area contributed by atoms with Gasteiger partial charge in [0.05, 0.1) is 17.0 Å². The van der Waals surface area contributed by atoms with Crippen LogP contribution in [0.2, 0.25) is 0 Å². The summed E-state index contributed by atoms with van der Waals surface area (Å²) >= 11 is 1.46. The molecule has 24 heavy (non-hydrogen) atoms. The fraction of sp³-hybridized carbons (Fsp3) is 0.471. The summed E-state index contributed by atoms with van der Waals surface area (Å²) in [7, 11) is 0. The number of aryl methyl sites for hydroxylation is 1. The Kier molecular flexibility index (Phi) is 4.10. The highest BCUT2D eigenvalue weighted by Crippen LogP contribution is 2.26. The number of thiophene rings is 1. The van der Waals surface area contributed by atoms with Crippen molar-refractivity contribution in [1.82, 2.24) is 14.7 Å². The number of hydrogen-bond donors (Lipinski definition) is 0. The number of aromatic nitrogens is 2. The third-order valence-corrected chi connectivity index (χ3v) is 5.64. The highest BCUT2D eigenvalue weighted by molar-refractivity contribution is 7.12. The average Bonchev–Trinajstić information content (AvgIpc) is 3.31. The fourth-order valence-electron chi connectivity index (χ4n) is 3.58. The van der Waals surface area contributed by atoms with Crippen LogP contribution in [0, 0.1) is 5.92 Å². The van der Waals surface area contributed by atoms with Crippen molar-refractivity contribution in [2.75, 3.05) is 24.5 Å². The van der Waals surface area contributed by atoms with E-state index in [0.29, 0.717) is 6.54 Å². The third kappa shape index (κ3) is 2.73. The van der Waals surface area contributed by atoms with E-state index in [1.165, 1.54) is 11.3 Å². The summed E-state index contributed by atoms with van der Waals surface area (Å²) in [4.78, 5) is 30.0. The zero-order chi connectivity index (χ0) is 16.5. The van der Waals surface area contributed by atoms with Crippen molar-refractivity contribution < 1.29 is 9.59 Å². The van der Waals surface area contributed by atoms with Crippen LogP contribution in [0.5, 0.6) is 0 Å². The second-order valence-corrected chi connectivity index (χ2v) is 7.27. The van der Waals surface area contributed by atoms with Crippen LogP contribution in [-0.2, 0) is 11.3 Å². The van der Waals surface area contributed by atoms with Crippen LogP contribution in [0.25, 0.3) is 0 Å². The van der Waals surface area contributed by atoms with Crippen molar-refractivity contribution in [3.63, 3.8) is 0 Å². The van der Waals surface area contributed by atoms with Gasteiger partial charge in [0.2, 0.25) is 5.91 Å². The summed E-state index contributed by atoms with van der Waals surface area (Å²) in [5.41, 5.74) is 0. The molecule has 1 fully saturated rings. The lowest BCUT2D eigenvalue weighted by Crippen LogP contribution is -2.48. The number of likely N-dealkylation sites (tertiary alicyclic amines) is 1. The van der Waals surface area contributed by atoms with Gasteiger partial charge in [-0.15, -0.1) is 11.3 Å². The molecule has 4 heterocycles. The molecular formula is C17H20N4O2S. The lowest BCUT2D eigenvalue weighted by Gasteiger charge is -2.36. The Balaban J connectivity index is 1.49. The Bertz CT molecular complexity index is 740. The van der Waals surface area contributed by atoms with Gasteiger partial charge in [0.15, 0.2) is 0 Å². The minimum absolute atomic E-state index is 0.0474. The molecule has 1 atom stereocenters. The molecule has 0 aromatic carbocycles. The Labute approximate surface area is 144 Å². The number of fused-ring (bicyclic) bond motifs is 1. The summed E-state index contributed by atoms with van der Waals surface area (Å²) < 4.78 is 1.89. The Hall–Kier alpha value is -2.15. The van der Waals surface area contributed by atoms with E-state index in [1.54, 1.807) is 6.20 Å². The number of hydrogen-bond acceptors (Lipinski definition) is 4. The Morgan fingerprint density at radius 1 is 1.17 bits per heavy atom. The first-order valence-electron chi connectivity index (χ1n) is 8.40. The van der Waals surface area contributed by atoms with Crippen LogP contribution < -0.4 is 4.90 Å². The van der Waals surface area contributed by atoms with E-state index in [9.17, 15) is 9.59 Å². The first-order valence-corrected chi connectivity index (χ1v) is 9.28. The topological polar surface area (TPSA) is 58.4 Å². The molecule has 2 aromatic heterocycles. The lowest BCUT2D eigenvalue weighted by atomic mass is 9.96. The summed E-state index contributed by atoms with van der Waals surface area (Å²) in [5, 5.41) is 6.18. The van der Waals surface area contributed by atoms with Crippen LogP contribution in [0.3, 0.4) is 0 Å². The van der Waals surface area contributed by atoms with Crippen LogP contribution in [0.4, 0.5) is 5.82 Å². The highest BCUT2D eigenvalue weighted by atomic mass is 32.1. The van der Waals surface area contributed by atoms with Crippen LogP contribution in [0.1, 0.15) is 28.9 Å². The van der Waals surface area contributed by atoms with Crippen LogP contribution in [0.15, 0.2) is 29.8 Å². The van der Waals surface area contributed by atoms with Gasteiger partial charge in [-0.05, 0) is 30.7 Å². The molecule has 0 N–H and O–H groups in total. The van der Waals surface area contributed by atoms with Gasteiger partial charge in [-0.2, -0.15) is 5.10 Å². The van der Waals surface area contributed by atoms with E-state index in [-0.39, 0.29) is 17.7 Å². The Morgan fingerprint density at radius 2 is 2.08 bits per heavy atom. The maximum absolute atomic E-state index is 13.0. The van der Waals surface area contributed by atoms with Crippen molar-refractivity contribution in [2.24, 2.45) is 5.92 Å². The van der Waals surface area contributed by atoms with Gasteiger partial charge >= 0.3 is 0 Å². The first-order chi connectivity index (χ1) is 11.7. The van der Waals surface area contributed by atoms with Gasteiger partial charge in [0.25, 0.3) is 5.91 Å². The Morgan fingerprint density at radius 3 is 2.92 bits per heavy atom.